The third-order valence-electron chi connectivity index (χ3n) is 4.46. The number of nitrogens with one attached hydrogen (secondary N) is 1. The van der Waals surface area contributed by atoms with Gasteiger partial charge in [0.2, 0.25) is 0 Å². The van der Waals surface area contributed by atoms with Gasteiger partial charge in [-0.05, 0) is 29.3 Å². The molecule has 0 aliphatic carbocycles. The molecular formula is C24H20N2O2. The Balaban J connectivity index is 1.43. The van der Waals surface area contributed by atoms with E-state index in [0.717, 1.165) is 39.0 Å². The number of benzene rings is 2. The van der Waals surface area contributed by atoms with Crippen LogP contribution in [0.2, 0.25) is 0 Å². The molecule has 4 nitrogen and oxygen atoms in total. The average Bonchev–Trinajstić information content (AvgIpc) is 3.17. The minimum atomic E-state index is 0.366. The van der Waals surface area contributed by atoms with Gasteiger partial charge in [-0.2, -0.15) is 0 Å². The van der Waals surface area contributed by atoms with E-state index in [1.165, 1.54) is 0 Å². The molecule has 0 spiro atoms. The second-order valence-electron chi connectivity index (χ2n) is 6.33. The van der Waals surface area contributed by atoms with Gasteiger partial charge >= 0.3 is 0 Å². The van der Waals surface area contributed by atoms with Crippen molar-refractivity contribution in [3.8, 4) is 28.7 Å². The first-order valence-electron chi connectivity index (χ1n) is 9.05. The van der Waals surface area contributed by atoms with E-state index in [-0.39, 0.29) is 0 Å². The second kappa shape index (κ2) is 8.43. The fourth-order valence-corrected chi connectivity index (χ4v) is 2.97. The first-order chi connectivity index (χ1) is 13.8. The number of hydrogen-bond donors (Lipinski definition) is 1. The van der Waals surface area contributed by atoms with Gasteiger partial charge in [-0.3, -0.25) is 0 Å². The Labute approximate surface area is 164 Å². The van der Waals surface area contributed by atoms with Crippen LogP contribution < -0.4 is 4.74 Å². The van der Waals surface area contributed by atoms with Crippen molar-refractivity contribution < 1.29 is 9.47 Å². The highest BCUT2D eigenvalue weighted by Gasteiger charge is 2.05. The molecule has 1 N–H and O–H groups in total. The summed E-state index contributed by atoms with van der Waals surface area (Å²) in [5, 5.41) is 1.02. The highest BCUT2D eigenvalue weighted by Crippen LogP contribution is 2.24. The topological polar surface area (TPSA) is 47.1 Å². The van der Waals surface area contributed by atoms with E-state index in [1.54, 1.807) is 7.11 Å². The molecule has 0 aliphatic rings. The number of ether oxygens (including phenoxy) is 2. The number of aromatic amines is 1. The molecule has 4 rings (SSSR count). The van der Waals surface area contributed by atoms with Gasteiger partial charge in [-0.25, -0.2) is 4.98 Å². The van der Waals surface area contributed by atoms with Crippen LogP contribution in [-0.4, -0.2) is 23.7 Å². The number of H-pyrrole nitrogens is 1. The lowest BCUT2D eigenvalue weighted by Gasteiger charge is -2.02. The quantitative estimate of drug-likeness (QED) is 0.406. The van der Waals surface area contributed by atoms with Gasteiger partial charge in [0, 0.05) is 23.3 Å². The van der Waals surface area contributed by atoms with Gasteiger partial charge in [0.05, 0.1) is 19.3 Å². The van der Waals surface area contributed by atoms with Crippen LogP contribution in [0.4, 0.5) is 0 Å². The third kappa shape index (κ3) is 4.06. The fourth-order valence-electron chi connectivity index (χ4n) is 2.97. The molecule has 138 valence electrons. The highest BCUT2D eigenvalue weighted by molar-refractivity contribution is 5.87. The van der Waals surface area contributed by atoms with Gasteiger partial charge in [-0.1, -0.05) is 54.3 Å². The number of aromatic nitrogens is 2. The molecule has 28 heavy (non-hydrogen) atoms. The molecule has 4 heteroatoms. The van der Waals surface area contributed by atoms with Gasteiger partial charge in [0.1, 0.15) is 18.0 Å². The van der Waals surface area contributed by atoms with E-state index in [0.29, 0.717) is 13.2 Å². The molecule has 0 saturated carbocycles. The maximum atomic E-state index is 5.66. The standard InChI is InChI=1S/C24H20N2O2/c1-27-22-11-9-18(10-12-22)17-28-13-5-8-20-15-25-24-23(20)14-21(16-26-24)19-6-3-2-4-7-19/h2-4,6-7,9-12,14-16H,13,17H2,1H3,(H,25,26). The van der Waals surface area contributed by atoms with Crippen molar-refractivity contribution in [2.24, 2.45) is 0 Å². The number of pyridine rings is 1. The molecule has 4 aromatic rings. The molecule has 2 heterocycles. The Morgan fingerprint density at radius 3 is 2.61 bits per heavy atom. The molecular weight excluding hydrogens is 348 g/mol. The monoisotopic (exact) mass is 368 g/mol. The number of methoxy groups -OCH3 is 1. The largest absolute Gasteiger partial charge is 0.497 e. The first-order valence-corrected chi connectivity index (χ1v) is 9.05. The Kier molecular flexibility index (Phi) is 5.37. The van der Waals surface area contributed by atoms with Crippen LogP contribution in [0.25, 0.3) is 22.2 Å². The number of nitrogens with zero attached hydrogens (tertiary/aromatic N) is 1. The summed E-state index contributed by atoms with van der Waals surface area (Å²) >= 11 is 0. The summed E-state index contributed by atoms with van der Waals surface area (Å²) in [6, 6.07) is 20.2. The molecule has 0 radical (unpaired) electrons. The van der Waals surface area contributed by atoms with Crippen molar-refractivity contribution in [3.05, 3.63) is 84.2 Å². The lowest BCUT2D eigenvalue weighted by molar-refractivity contribution is 0.153. The molecule has 0 bridgehead atoms. The van der Waals surface area contributed by atoms with Gasteiger partial charge in [-0.15, -0.1) is 0 Å². The van der Waals surface area contributed by atoms with Crippen LogP contribution in [0.15, 0.2) is 73.1 Å². The lowest BCUT2D eigenvalue weighted by atomic mass is 10.1. The summed E-state index contributed by atoms with van der Waals surface area (Å²) in [4.78, 5) is 7.69. The molecule has 0 atom stereocenters. The van der Waals surface area contributed by atoms with E-state index in [9.17, 15) is 0 Å². The Hall–Kier alpha value is -3.55. The van der Waals surface area contributed by atoms with E-state index in [1.807, 2.05) is 54.9 Å². The lowest BCUT2D eigenvalue weighted by Crippen LogP contribution is -1.93. The predicted octanol–water partition coefficient (Wildman–Crippen LogP) is 4.81. The Morgan fingerprint density at radius 1 is 1.00 bits per heavy atom. The van der Waals surface area contributed by atoms with Crippen molar-refractivity contribution in [1.29, 1.82) is 0 Å². The zero-order valence-corrected chi connectivity index (χ0v) is 15.6. The van der Waals surface area contributed by atoms with E-state index in [4.69, 9.17) is 9.47 Å². The zero-order valence-electron chi connectivity index (χ0n) is 15.6. The van der Waals surface area contributed by atoms with Crippen molar-refractivity contribution >= 4 is 11.0 Å². The molecule has 0 aliphatic heterocycles. The summed E-state index contributed by atoms with van der Waals surface area (Å²) in [5.74, 6) is 7.11. The smallest absolute Gasteiger partial charge is 0.138 e. The van der Waals surface area contributed by atoms with Crippen LogP contribution in [0.1, 0.15) is 11.1 Å². The summed E-state index contributed by atoms with van der Waals surface area (Å²) in [6.45, 7) is 0.886. The van der Waals surface area contributed by atoms with Crippen LogP contribution in [0.5, 0.6) is 5.75 Å². The molecule has 0 amide bonds. The summed E-state index contributed by atoms with van der Waals surface area (Å²) in [7, 11) is 1.66. The molecule has 2 aromatic heterocycles. The maximum absolute atomic E-state index is 5.66. The highest BCUT2D eigenvalue weighted by atomic mass is 16.5. The minimum absolute atomic E-state index is 0.366. The van der Waals surface area contributed by atoms with Crippen molar-refractivity contribution in [3.63, 3.8) is 0 Å². The fraction of sp³-hybridized carbons (Fsp3) is 0.125. The van der Waals surface area contributed by atoms with Crippen LogP contribution in [0.3, 0.4) is 0 Å². The van der Waals surface area contributed by atoms with E-state index >= 15 is 0 Å². The van der Waals surface area contributed by atoms with Crippen molar-refractivity contribution in [2.75, 3.05) is 13.7 Å². The first kappa shape index (κ1) is 17.8. The second-order valence-corrected chi connectivity index (χ2v) is 6.33. The minimum Gasteiger partial charge on any atom is -0.497 e. The SMILES string of the molecule is COc1ccc(COCC#Cc2c[nH]c3ncc(-c4ccccc4)cc23)cc1. The van der Waals surface area contributed by atoms with Crippen molar-refractivity contribution in [1.82, 2.24) is 9.97 Å². The molecule has 0 fully saturated rings. The Morgan fingerprint density at radius 2 is 1.82 bits per heavy atom. The number of fused-ring (bicyclic) bond motifs is 1. The van der Waals surface area contributed by atoms with Crippen LogP contribution >= 0.6 is 0 Å². The zero-order chi connectivity index (χ0) is 19.2. The summed E-state index contributed by atoms with van der Waals surface area (Å²) in [5.41, 5.74) is 5.06. The molecule has 0 unspecified atom stereocenters. The third-order valence-corrected chi connectivity index (χ3v) is 4.46. The predicted molar refractivity (Wildman–Crippen MR) is 111 cm³/mol. The van der Waals surface area contributed by atoms with Gasteiger partial charge < -0.3 is 14.5 Å². The maximum Gasteiger partial charge on any atom is 0.138 e. The number of hydrogen-bond acceptors (Lipinski definition) is 3. The Bertz CT molecular complexity index is 1120. The normalized spacial score (nSPS) is 10.5. The molecule has 2 aromatic carbocycles. The van der Waals surface area contributed by atoms with Crippen molar-refractivity contribution in [2.45, 2.75) is 6.61 Å². The molecule has 0 saturated heterocycles. The average molecular weight is 368 g/mol. The van der Waals surface area contributed by atoms with Gasteiger partial charge in [0.15, 0.2) is 0 Å². The van der Waals surface area contributed by atoms with Crippen LogP contribution in [0, 0.1) is 11.8 Å². The summed E-state index contributed by atoms with van der Waals surface area (Å²) in [6.07, 6.45) is 3.77. The van der Waals surface area contributed by atoms with Crippen LogP contribution in [-0.2, 0) is 11.3 Å². The van der Waals surface area contributed by atoms with E-state index in [2.05, 4.69) is 40.0 Å². The van der Waals surface area contributed by atoms with Gasteiger partial charge in [0.25, 0.3) is 0 Å². The van der Waals surface area contributed by atoms with E-state index < -0.39 is 0 Å². The summed E-state index contributed by atoms with van der Waals surface area (Å²) < 4.78 is 10.8. The number of rotatable bonds is 5.